The number of carbonyl (C=O) groups is 1. The predicted octanol–water partition coefficient (Wildman–Crippen LogP) is 2.38. The Morgan fingerprint density at radius 2 is 2.44 bits per heavy atom. The highest BCUT2D eigenvalue weighted by molar-refractivity contribution is 9.09. The second-order valence-corrected chi connectivity index (χ2v) is 5.84. The minimum Gasteiger partial charge on any atom is -0.480 e. The smallest absolute Gasteiger partial charge is 0.256 e. The fraction of sp³-hybridized carbons (Fsp3) is 0.538. The Bertz CT molecular complexity index is 425. The first kappa shape index (κ1) is 13.3. The van der Waals surface area contributed by atoms with E-state index in [-0.39, 0.29) is 5.91 Å². The van der Waals surface area contributed by atoms with Crippen LogP contribution in [0, 0.1) is 5.92 Å². The maximum absolute atomic E-state index is 12.0. The van der Waals surface area contributed by atoms with E-state index in [0.29, 0.717) is 22.2 Å². The molecule has 0 radical (unpaired) electrons. The van der Waals surface area contributed by atoms with Crippen LogP contribution in [0.25, 0.3) is 0 Å². The van der Waals surface area contributed by atoms with Crippen molar-refractivity contribution in [3.63, 3.8) is 0 Å². The van der Waals surface area contributed by atoms with Crippen LogP contribution in [0.15, 0.2) is 18.3 Å². The molecule has 1 saturated carbocycles. The van der Waals surface area contributed by atoms with E-state index in [1.807, 2.05) is 0 Å². The van der Waals surface area contributed by atoms with Gasteiger partial charge in [-0.3, -0.25) is 4.79 Å². The average Bonchev–Trinajstić information content (AvgIpc) is 2.81. The molecule has 1 aromatic rings. The molecular weight excluding hydrogens is 296 g/mol. The van der Waals surface area contributed by atoms with Crippen molar-refractivity contribution >= 4 is 21.8 Å². The van der Waals surface area contributed by atoms with Crippen LogP contribution in [0.1, 0.15) is 29.6 Å². The van der Waals surface area contributed by atoms with E-state index in [2.05, 4.69) is 26.2 Å². The lowest BCUT2D eigenvalue weighted by molar-refractivity contribution is 0.0943. The summed E-state index contributed by atoms with van der Waals surface area (Å²) in [6, 6.07) is 3.46. The first-order valence-electron chi connectivity index (χ1n) is 6.12. The standard InChI is InChI=1S/C13H17BrN2O2/c1-18-13-11(3-2-6-15-13)12(17)16-8-9-4-5-10(14)7-9/h2-3,6,9-10H,4-5,7-8H2,1H3,(H,16,17). The topological polar surface area (TPSA) is 51.2 Å². The minimum atomic E-state index is -0.113. The lowest BCUT2D eigenvalue weighted by Crippen LogP contribution is -2.29. The molecule has 1 aromatic heterocycles. The normalized spacial score (nSPS) is 22.8. The maximum Gasteiger partial charge on any atom is 0.256 e. The first-order chi connectivity index (χ1) is 8.70. The zero-order valence-corrected chi connectivity index (χ0v) is 11.9. The van der Waals surface area contributed by atoms with Gasteiger partial charge in [0.05, 0.1) is 7.11 Å². The molecule has 1 heterocycles. The highest BCUT2D eigenvalue weighted by atomic mass is 79.9. The van der Waals surface area contributed by atoms with E-state index in [1.54, 1.807) is 18.3 Å². The average molecular weight is 313 g/mol. The van der Waals surface area contributed by atoms with Crippen LogP contribution in [0.4, 0.5) is 0 Å². The Labute approximate surface area is 115 Å². The van der Waals surface area contributed by atoms with E-state index in [1.165, 1.54) is 20.0 Å². The minimum absolute atomic E-state index is 0.113. The third-order valence-electron chi connectivity index (χ3n) is 3.24. The summed E-state index contributed by atoms with van der Waals surface area (Å²) in [7, 11) is 1.52. The molecule has 0 saturated heterocycles. The molecule has 2 atom stereocenters. The number of methoxy groups -OCH3 is 1. The van der Waals surface area contributed by atoms with E-state index >= 15 is 0 Å². The number of aromatic nitrogens is 1. The number of pyridine rings is 1. The molecule has 0 bridgehead atoms. The molecule has 0 spiro atoms. The number of amides is 1. The molecule has 2 rings (SSSR count). The Kier molecular flexibility index (Phi) is 4.58. The van der Waals surface area contributed by atoms with Gasteiger partial charge in [0, 0.05) is 17.6 Å². The van der Waals surface area contributed by atoms with Crippen LogP contribution < -0.4 is 10.1 Å². The fourth-order valence-electron chi connectivity index (χ4n) is 2.26. The maximum atomic E-state index is 12.0. The number of nitrogens with one attached hydrogen (secondary N) is 1. The van der Waals surface area contributed by atoms with Crippen LogP contribution in [-0.2, 0) is 0 Å². The molecule has 1 aliphatic carbocycles. The van der Waals surface area contributed by atoms with Gasteiger partial charge >= 0.3 is 0 Å². The molecule has 18 heavy (non-hydrogen) atoms. The third-order valence-corrected chi connectivity index (χ3v) is 4.07. The Balaban J connectivity index is 1.91. The molecule has 1 amide bonds. The Morgan fingerprint density at radius 1 is 1.61 bits per heavy atom. The van der Waals surface area contributed by atoms with Gasteiger partial charge < -0.3 is 10.1 Å². The quantitative estimate of drug-likeness (QED) is 0.868. The van der Waals surface area contributed by atoms with Gasteiger partial charge in [0.1, 0.15) is 5.56 Å². The Hall–Kier alpha value is -1.10. The summed E-state index contributed by atoms with van der Waals surface area (Å²) >= 11 is 3.61. The van der Waals surface area contributed by atoms with Gasteiger partial charge in [0.2, 0.25) is 5.88 Å². The van der Waals surface area contributed by atoms with Gasteiger partial charge in [-0.15, -0.1) is 0 Å². The summed E-state index contributed by atoms with van der Waals surface area (Å²) in [6.07, 6.45) is 5.10. The van der Waals surface area contributed by atoms with Gasteiger partial charge in [-0.2, -0.15) is 0 Å². The summed E-state index contributed by atoms with van der Waals surface area (Å²) < 4.78 is 5.08. The molecule has 1 N–H and O–H groups in total. The van der Waals surface area contributed by atoms with E-state index in [0.717, 1.165) is 13.0 Å². The number of rotatable bonds is 4. The second kappa shape index (κ2) is 6.18. The van der Waals surface area contributed by atoms with Crippen LogP contribution in [0.2, 0.25) is 0 Å². The summed E-state index contributed by atoms with van der Waals surface area (Å²) in [5.41, 5.74) is 0.494. The molecule has 1 fully saturated rings. The second-order valence-electron chi connectivity index (χ2n) is 4.55. The number of nitrogens with zero attached hydrogens (tertiary/aromatic N) is 1. The van der Waals surface area contributed by atoms with Crippen molar-refractivity contribution in [2.24, 2.45) is 5.92 Å². The van der Waals surface area contributed by atoms with Crippen LogP contribution in [-0.4, -0.2) is 29.4 Å². The SMILES string of the molecule is COc1ncccc1C(=O)NCC1CCC(Br)C1. The third kappa shape index (κ3) is 3.22. The summed E-state index contributed by atoms with van der Waals surface area (Å²) in [5.74, 6) is 0.832. The Morgan fingerprint density at radius 3 is 3.11 bits per heavy atom. The number of hydrogen-bond acceptors (Lipinski definition) is 3. The molecule has 1 aliphatic rings. The van der Waals surface area contributed by atoms with Crippen molar-refractivity contribution in [1.29, 1.82) is 0 Å². The molecule has 4 nitrogen and oxygen atoms in total. The van der Waals surface area contributed by atoms with Crippen molar-refractivity contribution in [1.82, 2.24) is 10.3 Å². The molecule has 5 heteroatoms. The summed E-state index contributed by atoms with van der Waals surface area (Å²) in [5, 5.41) is 2.96. The molecule has 2 unspecified atom stereocenters. The highest BCUT2D eigenvalue weighted by Gasteiger charge is 2.23. The summed E-state index contributed by atoms with van der Waals surface area (Å²) in [4.78, 5) is 16.6. The number of ether oxygens (including phenoxy) is 1. The largest absolute Gasteiger partial charge is 0.480 e. The van der Waals surface area contributed by atoms with Gasteiger partial charge in [-0.25, -0.2) is 4.98 Å². The van der Waals surface area contributed by atoms with Crippen molar-refractivity contribution in [2.75, 3.05) is 13.7 Å². The van der Waals surface area contributed by atoms with Crippen LogP contribution >= 0.6 is 15.9 Å². The van der Waals surface area contributed by atoms with E-state index < -0.39 is 0 Å². The van der Waals surface area contributed by atoms with Crippen LogP contribution in [0.5, 0.6) is 5.88 Å². The van der Waals surface area contributed by atoms with Crippen molar-refractivity contribution in [3.05, 3.63) is 23.9 Å². The van der Waals surface area contributed by atoms with Crippen molar-refractivity contribution < 1.29 is 9.53 Å². The van der Waals surface area contributed by atoms with Crippen LogP contribution in [0.3, 0.4) is 0 Å². The number of alkyl halides is 1. The van der Waals surface area contributed by atoms with Crippen molar-refractivity contribution in [3.8, 4) is 5.88 Å². The molecule has 0 aromatic carbocycles. The van der Waals surface area contributed by atoms with Gasteiger partial charge in [0.25, 0.3) is 5.91 Å². The lowest BCUT2D eigenvalue weighted by Gasteiger charge is -2.12. The lowest BCUT2D eigenvalue weighted by atomic mass is 10.1. The highest BCUT2D eigenvalue weighted by Crippen LogP contribution is 2.30. The van der Waals surface area contributed by atoms with Gasteiger partial charge in [-0.05, 0) is 37.3 Å². The van der Waals surface area contributed by atoms with E-state index in [9.17, 15) is 4.79 Å². The van der Waals surface area contributed by atoms with Gasteiger partial charge in [0.15, 0.2) is 0 Å². The number of halogens is 1. The number of hydrogen-bond donors (Lipinski definition) is 1. The zero-order chi connectivity index (χ0) is 13.0. The molecule has 0 aliphatic heterocycles. The molecular formula is C13H17BrN2O2. The van der Waals surface area contributed by atoms with Gasteiger partial charge in [-0.1, -0.05) is 15.9 Å². The fourth-order valence-corrected chi connectivity index (χ4v) is 3.05. The van der Waals surface area contributed by atoms with Crippen molar-refractivity contribution in [2.45, 2.75) is 24.1 Å². The molecule has 98 valence electrons. The summed E-state index contributed by atoms with van der Waals surface area (Å²) in [6.45, 7) is 0.721. The monoisotopic (exact) mass is 312 g/mol. The van der Waals surface area contributed by atoms with E-state index in [4.69, 9.17) is 4.74 Å². The first-order valence-corrected chi connectivity index (χ1v) is 7.03. The predicted molar refractivity (Wildman–Crippen MR) is 73.2 cm³/mol. The number of carbonyl (C=O) groups excluding carboxylic acids is 1. The zero-order valence-electron chi connectivity index (χ0n) is 10.4.